The van der Waals surface area contributed by atoms with Crippen LogP contribution in [0.15, 0.2) is 20.1 Å². The molecule has 1 fully saturated rings. The van der Waals surface area contributed by atoms with Gasteiger partial charge in [-0.25, -0.2) is 8.42 Å². The van der Waals surface area contributed by atoms with E-state index in [0.29, 0.717) is 27.7 Å². The number of halogens is 2. The van der Waals surface area contributed by atoms with Gasteiger partial charge in [0.2, 0.25) is 0 Å². The molecular formula is C9H11Br2NO2S2. The third-order valence-corrected chi connectivity index (χ3v) is 8.05. The number of hydrogen-bond acceptors (Lipinski definition) is 3. The molecule has 0 aromatic carbocycles. The lowest BCUT2D eigenvalue weighted by atomic mass is 10.2. The summed E-state index contributed by atoms with van der Waals surface area (Å²) in [5.74, 6) is 0.438. The van der Waals surface area contributed by atoms with Gasteiger partial charge in [0.15, 0.2) is 0 Å². The van der Waals surface area contributed by atoms with E-state index in [2.05, 4.69) is 31.9 Å². The number of rotatable bonds is 3. The zero-order chi connectivity index (χ0) is 11.8. The third-order valence-electron chi connectivity index (χ3n) is 2.63. The first-order valence-electron chi connectivity index (χ1n) is 4.85. The van der Waals surface area contributed by atoms with E-state index in [-0.39, 0.29) is 0 Å². The molecule has 1 aliphatic heterocycles. The van der Waals surface area contributed by atoms with Gasteiger partial charge in [-0.05, 0) is 39.7 Å². The highest BCUT2D eigenvalue weighted by atomic mass is 79.9. The van der Waals surface area contributed by atoms with Crippen molar-refractivity contribution < 1.29 is 8.42 Å². The van der Waals surface area contributed by atoms with Gasteiger partial charge in [0.25, 0.3) is 10.0 Å². The molecule has 0 radical (unpaired) electrons. The Labute approximate surface area is 116 Å². The number of sulfonamides is 1. The molecule has 2 rings (SSSR count). The number of nitrogens with zero attached hydrogens (tertiary/aromatic N) is 1. The van der Waals surface area contributed by atoms with Gasteiger partial charge in [-0.2, -0.15) is 4.31 Å². The highest BCUT2D eigenvalue weighted by Crippen LogP contribution is 2.33. The molecule has 0 saturated carbocycles. The predicted molar refractivity (Wildman–Crippen MR) is 72.7 cm³/mol. The van der Waals surface area contributed by atoms with E-state index in [9.17, 15) is 8.42 Å². The SMILES string of the molecule is O=S(=O)(c1sccc1Br)N1CCC(CBr)C1. The fraction of sp³-hybridized carbons (Fsp3) is 0.556. The molecule has 0 spiro atoms. The second kappa shape index (κ2) is 5.06. The van der Waals surface area contributed by atoms with Gasteiger partial charge in [-0.3, -0.25) is 0 Å². The van der Waals surface area contributed by atoms with Crippen molar-refractivity contribution in [3.63, 3.8) is 0 Å². The van der Waals surface area contributed by atoms with E-state index in [1.165, 1.54) is 11.3 Å². The van der Waals surface area contributed by atoms with E-state index < -0.39 is 10.0 Å². The molecule has 1 aromatic rings. The fourth-order valence-corrected chi connectivity index (χ4v) is 6.23. The van der Waals surface area contributed by atoms with Gasteiger partial charge in [-0.15, -0.1) is 11.3 Å². The van der Waals surface area contributed by atoms with Crippen LogP contribution in [0.5, 0.6) is 0 Å². The first-order chi connectivity index (χ1) is 7.55. The average Bonchev–Trinajstić information content (AvgIpc) is 2.85. The molecule has 90 valence electrons. The van der Waals surface area contributed by atoms with Crippen molar-refractivity contribution in [2.45, 2.75) is 10.6 Å². The zero-order valence-electron chi connectivity index (χ0n) is 8.40. The standard InChI is InChI=1S/C9H11Br2NO2S2/c10-5-7-1-3-12(6-7)16(13,14)9-8(11)2-4-15-9/h2,4,7H,1,3,5-6H2. The molecule has 0 amide bonds. The van der Waals surface area contributed by atoms with Gasteiger partial charge in [-0.1, -0.05) is 15.9 Å². The summed E-state index contributed by atoms with van der Waals surface area (Å²) in [5.41, 5.74) is 0. The molecule has 0 bridgehead atoms. The first kappa shape index (κ1) is 13.0. The van der Waals surface area contributed by atoms with Crippen LogP contribution in [0.4, 0.5) is 0 Å². The Morgan fingerprint density at radius 1 is 1.56 bits per heavy atom. The Morgan fingerprint density at radius 3 is 2.81 bits per heavy atom. The molecule has 16 heavy (non-hydrogen) atoms. The second-order valence-corrected chi connectivity index (χ2v) is 8.28. The molecule has 0 aliphatic carbocycles. The van der Waals surface area contributed by atoms with Gasteiger partial charge < -0.3 is 0 Å². The maximum atomic E-state index is 12.3. The molecule has 3 nitrogen and oxygen atoms in total. The highest BCUT2D eigenvalue weighted by Gasteiger charge is 2.33. The van der Waals surface area contributed by atoms with Gasteiger partial charge in [0.05, 0.1) is 0 Å². The van der Waals surface area contributed by atoms with Crippen molar-refractivity contribution in [3.05, 3.63) is 15.9 Å². The first-order valence-corrected chi connectivity index (χ1v) is 9.08. The van der Waals surface area contributed by atoms with Gasteiger partial charge in [0.1, 0.15) is 4.21 Å². The van der Waals surface area contributed by atoms with Crippen molar-refractivity contribution in [2.24, 2.45) is 5.92 Å². The van der Waals surface area contributed by atoms with Crippen LogP contribution < -0.4 is 0 Å². The summed E-state index contributed by atoms with van der Waals surface area (Å²) in [6.45, 7) is 1.25. The maximum Gasteiger partial charge on any atom is 0.253 e. The normalized spacial score (nSPS) is 22.8. The Bertz CT molecular complexity index is 472. The minimum absolute atomic E-state index is 0.419. The quantitative estimate of drug-likeness (QED) is 0.746. The lowest BCUT2D eigenvalue weighted by molar-refractivity contribution is 0.467. The van der Waals surface area contributed by atoms with Gasteiger partial charge in [0, 0.05) is 22.9 Å². The Hall–Kier alpha value is 0.570. The number of alkyl halides is 1. The third kappa shape index (κ3) is 2.38. The van der Waals surface area contributed by atoms with Crippen LogP contribution in [0.2, 0.25) is 0 Å². The van der Waals surface area contributed by atoms with E-state index in [1.807, 2.05) is 0 Å². The predicted octanol–water partition coefficient (Wildman–Crippen LogP) is 2.92. The number of hydrogen-bond donors (Lipinski definition) is 0. The molecule has 1 unspecified atom stereocenters. The van der Waals surface area contributed by atoms with Crippen LogP contribution >= 0.6 is 43.2 Å². The summed E-state index contributed by atoms with van der Waals surface area (Å²) in [5, 5.41) is 2.65. The van der Waals surface area contributed by atoms with E-state index in [4.69, 9.17) is 0 Å². The zero-order valence-corrected chi connectivity index (χ0v) is 13.2. The van der Waals surface area contributed by atoms with Crippen LogP contribution in [-0.4, -0.2) is 31.1 Å². The molecule has 1 atom stereocenters. The van der Waals surface area contributed by atoms with E-state index in [0.717, 1.165) is 11.8 Å². The maximum absolute atomic E-state index is 12.3. The average molecular weight is 389 g/mol. The second-order valence-electron chi connectivity index (χ2n) is 3.73. The molecule has 7 heteroatoms. The summed E-state index contributed by atoms with van der Waals surface area (Å²) in [6, 6.07) is 1.77. The van der Waals surface area contributed by atoms with Crippen molar-refractivity contribution in [1.82, 2.24) is 4.31 Å². The summed E-state index contributed by atoms with van der Waals surface area (Å²) in [6.07, 6.45) is 0.938. The topological polar surface area (TPSA) is 37.4 Å². The van der Waals surface area contributed by atoms with E-state index in [1.54, 1.807) is 15.8 Å². The molecule has 1 saturated heterocycles. The van der Waals surface area contributed by atoms with Crippen LogP contribution in [0.3, 0.4) is 0 Å². The minimum atomic E-state index is -3.28. The van der Waals surface area contributed by atoms with Crippen molar-refractivity contribution >= 4 is 53.2 Å². The van der Waals surface area contributed by atoms with Crippen molar-refractivity contribution in [2.75, 3.05) is 18.4 Å². The Kier molecular flexibility index (Phi) is 4.11. The number of thiophene rings is 1. The fourth-order valence-electron chi connectivity index (χ4n) is 1.72. The Morgan fingerprint density at radius 2 is 2.31 bits per heavy atom. The molecule has 0 N–H and O–H groups in total. The monoisotopic (exact) mass is 387 g/mol. The van der Waals surface area contributed by atoms with Crippen molar-refractivity contribution in [1.29, 1.82) is 0 Å². The van der Waals surface area contributed by atoms with Crippen LogP contribution in [-0.2, 0) is 10.0 Å². The van der Waals surface area contributed by atoms with Crippen LogP contribution in [0, 0.1) is 5.92 Å². The lowest BCUT2D eigenvalue weighted by Gasteiger charge is -2.15. The highest BCUT2D eigenvalue weighted by molar-refractivity contribution is 9.10. The van der Waals surface area contributed by atoms with Crippen LogP contribution in [0.25, 0.3) is 0 Å². The Balaban J connectivity index is 2.25. The smallest absolute Gasteiger partial charge is 0.206 e. The largest absolute Gasteiger partial charge is 0.253 e. The summed E-state index contributed by atoms with van der Waals surface area (Å²) in [7, 11) is -3.28. The summed E-state index contributed by atoms with van der Waals surface area (Å²) < 4.78 is 27.2. The molecule has 1 aliphatic rings. The van der Waals surface area contributed by atoms with Crippen LogP contribution in [0.1, 0.15) is 6.42 Å². The summed E-state index contributed by atoms with van der Waals surface area (Å²) in [4.78, 5) is 0. The molecule has 1 aromatic heterocycles. The van der Waals surface area contributed by atoms with Gasteiger partial charge >= 0.3 is 0 Å². The molecular weight excluding hydrogens is 378 g/mol. The lowest BCUT2D eigenvalue weighted by Crippen LogP contribution is -2.28. The molecule has 2 heterocycles. The van der Waals surface area contributed by atoms with E-state index >= 15 is 0 Å². The van der Waals surface area contributed by atoms with Crippen molar-refractivity contribution in [3.8, 4) is 0 Å². The minimum Gasteiger partial charge on any atom is -0.206 e. The summed E-state index contributed by atoms with van der Waals surface area (Å²) >= 11 is 7.95.